The molecule has 1 aromatic rings. The number of carbonyl (C=O) groups is 1. The molecule has 2 bridgehead atoms. The van der Waals surface area contributed by atoms with Gasteiger partial charge in [-0.1, -0.05) is 30.3 Å². The summed E-state index contributed by atoms with van der Waals surface area (Å²) in [6.45, 7) is 1.12. The zero-order valence-electron chi connectivity index (χ0n) is 10.1. The molecule has 2 heterocycles. The third-order valence-electron chi connectivity index (χ3n) is 4.20. The summed E-state index contributed by atoms with van der Waals surface area (Å²) in [5.41, 5.74) is 1.41. The minimum Gasteiger partial charge on any atom is -0.300 e. The van der Waals surface area contributed by atoms with Gasteiger partial charge in [0.25, 0.3) is 0 Å². The lowest BCUT2D eigenvalue weighted by Gasteiger charge is -2.33. The molecule has 0 aliphatic carbocycles. The van der Waals surface area contributed by atoms with Gasteiger partial charge in [-0.3, -0.25) is 9.69 Å². The normalized spacial score (nSPS) is 28.6. The Labute approximate surface area is 103 Å². The molecular weight excluding hydrogens is 210 g/mol. The molecule has 1 aromatic carbocycles. The van der Waals surface area contributed by atoms with Crippen LogP contribution in [0.2, 0.25) is 0 Å². The fourth-order valence-corrected chi connectivity index (χ4v) is 3.33. The number of Topliss-reactive ketones (excluding diaryl/α,β-unsaturated/α-hetero) is 1. The molecule has 2 nitrogen and oxygen atoms in total. The van der Waals surface area contributed by atoms with E-state index in [1.165, 1.54) is 18.4 Å². The Kier molecular flexibility index (Phi) is 2.98. The average molecular weight is 229 g/mol. The maximum absolute atomic E-state index is 11.5. The van der Waals surface area contributed by atoms with Crippen LogP contribution in [-0.4, -0.2) is 29.3 Å². The lowest BCUT2D eigenvalue weighted by Crippen LogP contribution is -2.44. The molecule has 2 aliphatic rings. The number of ketones is 1. The van der Waals surface area contributed by atoms with Gasteiger partial charge in [0, 0.05) is 31.5 Å². The summed E-state index contributed by atoms with van der Waals surface area (Å²) >= 11 is 0. The summed E-state index contributed by atoms with van der Waals surface area (Å²) in [7, 11) is 0. The Hall–Kier alpha value is -1.15. The molecule has 17 heavy (non-hydrogen) atoms. The SMILES string of the molecule is O=C1CC2CC[C@H](C1)N2CCc1ccccc1. The molecule has 0 aromatic heterocycles. The van der Waals surface area contributed by atoms with E-state index in [2.05, 4.69) is 35.2 Å². The summed E-state index contributed by atoms with van der Waals surface area (Å²) in [6.07, 6.45) is 5.16. The topological polar surface area (TPSA) is 20.3 Å². The van der Waals surface area contributed by atoms with Crippen LogP contribution in [0.5, 0.6) is 0 Å². The van der Waals surface area contributed by atoms with Crippen molar-refractivity contribution in [1.82, 2.24) is 4.90 Å². The third-order valence-corrected chi connectivity index (χ3v) is 4.20. The van der Waals surface area contributed by atoms with Crippen molar-refractivity contribution < 1.29 is 4.79 Å². The predicted molar refractivity (Wildman–Crippen MR) is 67.9 cm³/mol. The standard InChI is InChI=1S/C15H19NO/c17-15-10-13-6-7-14(11-15)16(13)9-8-12-4-2-1-3-5-12/h1-5,13-14H,6-11H2/t13-,14?/m1/s1. The predicted octanol–water partition coefficient (Wildman–Crippen LogP) is 2.43. The first kappa shape index (κ1) is 11.0. The van der Waals surface area contributed by atoms with Crippen LogP contribution in [0, 0.1) is 0 Å². The van der Waals surface area contributed by atoms with Gasteiger partial charge in [-0.25, -0.2) is 0 Å². The van der Waals surface area contributed by atoms with Crippen molar-refractivity contribution in [3.8, 4) is 0 Å². The number of carbonyl (C=O) groups excluding carboxylic acids is 1. The second kappa shape index (κ2) is 4.61. The molecule has 0 amide bonds. The molecule has 2 saturated heterocycles. The first-order valence-electron chi connectivity index (χ1n) is 6.64. The van der Waals surface area contributed by atoms with Crippen molar-refractivity contribution in [3.05, 3.63) is 35.9 Å². The number of rotatable bonds is 3. The van der Waals surface area contributed by atoms with Crippen LogP contribution >= 0.6 is 0 Å². The van der Waals surface area contributed by atoms with E-state index in [1.54, 1.807) is 0 Å². The second-order valence-electron chi connectivity index (χ2n) is 5.31. The lowest BCUT2D eigenvalue weighted by molar-refractivity contribution is -0.123. The van der Waals surface area contributed by atoms with Gasteiger partial charge in [-0.15, -0.1) is 0 Å². The van der Waals surface area contributed by atoms with Crippen LogP contribution in [0.4, 0.5) is 0 Å². The largest absolute Gasteiger partial charge is 0.300 e. The molecule has 3 rings (SSSR count). The fraction of sp³-hybridized carbons (Fsp3) is 0.533. The summed E-state index contributed by atoms with van der Waals surface area (Å²) in [5, 5.41) is 0. The highest BCUT2D eigenvalue weighted by atomic mass is 16.1. The van der Waals surface area contributed by atoms with Crippen LogP contribution in [0.15, 0.2) is 30.3 Å². The molecule has 0 spiro atoms. The Morgan fingerprint density at radius 2 is 1.71 bits per heavy atom. The van der Waals surface area contributed by atoms with Gasteiger partial charge in [0.15, 0.2) is 0 Å². The van der Waals surface area contributed by atoms with Crippen molar-refractivity contribution in [3.63, 3.8) is 0 Å². The first-order valence-corrected chi connectivity index (χ1v) is 6.64. The van der Waals surface area contributed by atoms with Crippen molar-refractivity contribution in [2.75, 3.05) is 6.54 Å². The number of hydrogen-bond donors (Lipinski definition) is 0. The van der Waals surface area contributed by atoms with Crippen LogP contribution in [-0.2, 0) is 11.2 Å². The fourth-order valence-electron chi connectivity index (χ4n) is 3.33. The molecule has 0 N–H and O–H groups in total. The Morgan fingerprint density at radius 3 is 2.35 bits per heavy atom. The van der Waals surface area contributed by atoms with Crippen molar-refractivity contribution in [2.24, 2.45) is 0 Å². The summed E-state index contributed by atoms with van der Waals surface area (Å²) < 4.78 is 0. The highest BCUT2D eigenvalue weighted by Gasteiger charge is 2.39. The zero-order chi connectivity index (χ0) is 11.7. The summed E-state index contributed by atoms with van der Waals surface area (Å²) in [5.74, 6) is 0.480. The van der Waals surface area contributed by atoms with Gasteiger partial charge in [0.1, 0.15) is 5.78 Å². The molecular formula is C15H19NO. The maximum atomic E-state index is 11.5. The number of fused-ring (bicyclic) bond motifs is 2. The van der Waals surface area contributed by atoms with Crippen molar-refractivity contribution >= 4 is 5.78 Å². The minimum atomic E-state index is 0.480. The van der Waals surface area contributed by atoms with E-state index < -0.39 is 0 Å². The van der Waals surface area contributed by atoms with Gasteiger partial charge < -0.3 is 0 Å². The van der Waals surface area contributed by atoms with E-state index in [-0.39, 0.29) is 0 Å². The summed E-state index contributed by atoms with van der Waals surface area (Å²) in [6, 6.07) is 11.7. The number of nitrogens with zero attached hydrogens (tertiary/aromatic N) is 1. The molecule has 2 atom stereocenters. The number of benzene rings is 1. The van der Waals surface area contributed by atoms with Crippen LogP contribution in [0.25, 0.3) is 0 Å². The Bertz CT molecular complexity index is 385. The Balaban J connectivity index is 1.61. The molecule has 0 radical (unpaired) electrons. The van der Waals surface area contributed by atoms with Crippen molar-refractivity contribution in [2.45, 2.75) is 44.2 Å². The van der Waals surface area contributed by atoms with Gasteiger partial charge in [0.05, 0.1) is 0 Å². The average Bonchev–Trinajstić information content (AvgIpc) is 2.59. The number of piperidine rings is 1. The van der Waals surface area contributed by atoms with Crippen LogP contribution in [0.1, 0.15) is 31.2 Å². The van der Waals surface area contributed by atoms with Gasteiger partial charge in [-0.2, -0.15) is 0 Å². The monoisotopic (exact) mass is 229 g/mol. The molecule has 90 valence electrons. The summed E-state index contributed by atoms with van der Waals surface area (Å²) in [4.78, 5) is 14.1. The molecule has 2 aliphatic heterocycles. The van der Waals surface area contributed by atoms with E-state index >= 15 is 0 Å². The maximum Gasteiger partial charge on any atom is 0.136 e. The highest BCUT2D eigenvalue weighted by molar-refractivity contribution is 5.80. The number of hydrogen-bond acceptors (Lipinski definition) is 2. The van der Waals surface area contributed by atoms with E-state index in [4.69, 9.17) is 0 Å². The third kappa shape index (κ3) is 2.27. The highest BCUT2D eigenvalue weighted by Crippen LogP contribution is 2.33. The molecule has 2 heteroatoms. The molecule has 1 unspecified atom stereocenters. The van der Waals surface area contributed by atoms with Gasteiger partial charge in [0.2, 0.25) is 0 Å². The van der Waals surface area contributed by atoms with E-state index in [0.717, 1.165) is 25.8 Å². The van der Waals surface area contributed by atoms with Crippen LogP contribution < -0.4 is 0 Å². The van der Waals surface area contributed by atoms with E-state index in [1.807, 2.05) is 0 Å². The van der Waals surface area contributed by atoms with Gasteiger partial charge >= 0.3 is 0 Å². The lowest BCUT2D eigenvalue weighted by atomic mass is 10.0. The minimum absolute atomic E-state index is 0.480. The van der Waals surface area contributed by atoms with Crippen molar-refractivity contribution in [1.29, 1.82) is 0 Å². The van der Waals surface area contributed by atoms with Gasteiger partial charge in [-0.05, 0) is 24.8 Å². The van der Waals surface area contributed by atoms with Crippen LogP contribution in [0.3, 0.4) is 0 Å². The smallest absolute Gasteiger partial charge is 0.136 e. The van der Waals surface area contributed by atoms with E-state index in [0.29, 0.717) is 17.9 Å². The zero-order valence-corrected chi connectivity index (χ0v) is 10.1. The second-order valence-corrected chi connectivity index (χ2v) is 5.31. The van der Waals surface area contributed by atoms with E-state index in [9.17, 15) is 4.79 Å². The Morgan fingerprint density at radius 1 is 1.06 bits per heavy atom. The molecule has 2 fully saturated rings. The molecule has 0 saturated carbocycles. The quantitative estimate of drug-likeness (QED) is 0.793. The first-order chi connectivity index (χ1) is 8.33.